The van der Waals surface area contributed by atoms with E-state index in [-0.39, 0.29) is 13.0 Å². The average Bonchev–Trinajstić information content (AvgIpc) is 3.21. The molecule has 1 heterocycles. The maximum Gasteiger partial charge on any atom is 0.307 e. The van der Waals surface area contributed by atoms with Gasteiger partial charge in [0.1, 0.15) is 5.00 Å². The number of primary amides is 1. The monoisotopic (exact) mass is 404 g/mol. The van der Waals surface area contributed by atoms with E-state index >= 15 is 0 Å². The number of esters is 1. The van der Waals surface area contributed by atoms with E-state index in [0.717, 1.165) is 34.6 Å². The Hall–Kier alpha value is -2.32. The van der Waals surface area contributed by atoms with E-state index in [0.29, 0.717) is 16.3 Å². The average molecular weight is 405 g/mol. The van der Waals surface area contributed by atoms with E-state index in [1.165, 1.54) is 11.3 Å². The van der Waals surface area contributed by atoms with Gasteiger partial charge in [-0.1, -0.05) is 18.2 Å². The highest BCUT2D eigenvalue weighted by molar-refractivity contribution is 7.99. The summed E-state index contributed by atoms with van der Waals surface area (Å²) in [7, 11) is 0. The van der Waals surface area contributed by atoms with Gasteiger partial charge in [-0.05, 0) is 37.0 Å². The molecular weight excluding hydrogens is 384 g/mol. The predicted molar refractivity (Wildman–Crippen MR) is 106 cm³/mol. The number of carbonyl (C=O) groups excluding carboxylic acids is 3. The van der Waals surface area contributed by atoms with E-state index in [1.807, 2.05) is 30.3 Å². The maximum absolute atomic E-state index is 12.1. The molecule has 2 aromatic rings. The molecule has 0 spiro atoms. The summed E-state index contributed by atoms with van der Waals surface area (Å²) in [6.45, 7) is -0.379. The van der Waals surface area contributed by atoms with Crippen molar-refractivity contribution in [2.24, 2.45) is 5.73 Å². The van der Waals surface area contributed by atoms with Crippen LogP contribution in [0.25, 0.3) is 0 Å². The van der Waals surface area contributed by atoms with Crippen molar-refractivity contribution in [2.75, 3.05) is 17.7 Å². The Balaban J connectivity index is 1.45. The summed E-state index contributed by atoms with van der Waals surface area (Å²) in [5, 5.41) is 3.11. The van der Waals surface area contributed by atoms with Crippen molar-refractivity contribution in [1.29, 1.82) is 0 Å². The van der Waals surface area contributed by atoms with Crippen molar-refractivity contribution >= 4 is 45.9 Å². The summed E-state index contributed by atoms with van der Waals surface area (Å²) in [5.41, 5.74) is 6.80. The Kier molecular flexibility index (Phi) is 6.52. The van der Waals surface area contributed by atoms with Crippen molar-refractivity contribution in [3.63, 3.8) is 0 Å². The van der Waals surface area contributed by atoms with Crippen LogP contribution in [0.1, 0.15) is 33.6 Å². The molecule has 0 unspecified atom stereocenters. The Morgan fingerprint density at radius 1 is 1.19 bits per heavy atom. The molecule has 3 rings (SSSR count). The number of hydrogen-bond donors (Lipinski definition) is 2. The number of rotatable bonds is 8. The second-order valence-electron chi connectivity index (χ2n) is 6.05. The smallest absolute Gasteiger partial charge is 0.307 e. The number of benzene rings is 1. The van der Waals surface area contributed by atoms with Gasteiger partial charge in [-0.2, -0.15) is 0 Å². The van der Waals surface area contributed by atoms with E-state index in [4.69, 9.17) is 10.5 Å². The topological polar surface area (TPSA) is 98.5 Å². The molecule has 1 aliphatic carbocycles. The summed E-state index contributed by atoms with van der Waals surface area (Å²) in [6.07, 6.45) is 2.90. The highest BCUT2D eigenvalue weighted by Crippen LogP contribution is 2.38. The Morgan fingerprint density at radius 2 is 1.96 bits per heavy atom. The molecule has 2 amide bonds. The normalized spacial score (nSPS) is 12.4. The molecule has 1 aromatic heterocycles. The lowest BCUT2D eigenvalue weighted by molar-refractivity contribution is -0.146. The van der Waals surface area contributed by atoms with E-state index in [1.54, 1.807) is 11.8 Å². The van der Waals surface area contributed by atoms with Gasteiger partial charge in [0.15, 0.2) is 6.61 Å². The van der Waals surface area contributed by atoms with Gasteiger partial charge in [0, 0.05) is 15.5 Å². The minimum absolute atomic E-state index is 0.215. The molecule has 6 nitrogen and oxygen atoms in total. The van der Waals surface area contributed by atoms with Crippen LogP contribution in [0.2, 0.25) is 0 Å². The van der Waals surface area contributed by atoms with E-state index in [2.05, 4.69) is 5.32 Å². The fourth-order valence-electron chi connectivity index (χ4n) is 2.90. The molecule has 142 valence electrons. The SMILES string of the molecule is NC(=O)c1c(NC(=O)COC(=O)CCSc2ccccc2)sc2c1CCC2. The molecule has 3 N–H and O–H groups in total. The van der Waals surface area contributed by atoms with Crippen molar-refractivity contribution in [2.45, 2.75) is 30.6 Å². The van der Waals surface area contributed by atoms with Gasteiger partial charge in [0.2, 0.25) is 0 Å². The number of hydrogen-bond acceptors (Lipinski definition) is 6. The van der Waals surface area contributed by atoms with Crippen LogP contribution in [0.5, 0.6) is 0 Å². The van der Waals surface area contributed by atoms with Crippen LogP contribution < -0.4 is 11.1 Å². The zero-order chi connectivity index (χ0) is 19.2. The Morgan fingerprint density at radius 3 is 2.70 bits per heavy atom. The zero-order valence-electron chi connectivity index (χ0n) is 14.7. The standard InChI is InChI=1S/C19H20N2O4S2/c20-18(24)17-13-7-4-8-14(13)27-19(17)21-15(22)11-25-16(23)9-10-26-12-5-2-1-3-6-12/h1-3,5-6H,4,7-11H2,(H2,20,24)(H,21,22). The number of carbonyl (C=O) groups is 3. The summed E-state index contributed by atoms with van der Waals surface area (Å²) < 4.78 is 5.02. The van der Waals surface area contributed by atoms with Crippen molar-refractivity contribution in [1.82, 2.24) is 0 Å². The minimum Gasteiger partial charge on any atom is -0.456 e. The minimum atomic E-state index is -0.542. The molecule has 27 heavy (non-hydrogen) atoms. The first-order valence-corrected chi connectivity index (χ1v) is 10.4. The van der Waals surface area contributed by atoms with Crippen LogP contribution in [0, 0.1) is 0 Å². The van der Waals surface area contributed by atoms with E-state index in [9.17, 15) is 14.4 Å². The number of thiophene rings is 1. The number of anilines is 1. The quantitative estimate of drug-likeness (QED) is 0.521. The van der Waals surface area contributed by atoms with Crippen molar-refractivity contribution in [3.8, 4) is 0 Å². The molecule has 8 heteroatoms. The highest BCUT2D eigenvalue weighted by Gasteiger charge is 2.26. The van der Waals surface area contributed by atoms with Gasteiger partial charge in [-0.25, -0.2) is 0 Å². The molecule has 0 saturated heterocycles. The lowest BCUT2D eigenvalue weighted by Crippen LogP contribution is -2.22. The van der Waals surface area contributed by atoms with Gasteiger partial charge in [-0.15, -0.1) is 23.1 Å². The van der Waals surface area contributed by atoms with Crippen LogP contribution >= 0.6 is 23.1 Å². The number of aryl methyl sites for hydroxylation is 1. The molecule has 0 bridgehead atoms. The number of nitrogens with one attached hydrogen (secondary N) is 1. The molecule has 0 aliphatic heterocycles. The molecule has 0 atom stereocenters. The molecule has 0 radical (unpaired) electrons. The molecular formula is C19H20N2O4S2. The van der Waals surface area contributed by atoms with Crippen molar-refractivity contribution < 1.29 is 19.1 Å². The van der Waals surface area contributed by atoms with Gasteiger partial charge >= 0.3 is 5.97 Å². The van der Waals surface area contributed by atoms with Crippen molar-refractivity contribution in [3.05, 3.63) is 46.3 Å². The molecule has 1 aromatic carbocycles. The third-order valence-electron chi connectivity index (χ3n) is 4.10. The summed E-state index contributed by atoms with van der Waals surface area (Å²) in [6, 6.07) is 9.75. The van der Waals surface area contributed by atoms with Crippen LogP contribution in [0.3, 0.4) is 0 Å². The van der Waals surface area contributed by atoms with Crippen LogP contribution in [0.15, 0.2) is 35.2 Å². The first-order chi connectivity index (χ1) is 13.0. The van der Waals surface area contributed by atoms with Gasteiger partial charge in [-0.3, -0.25) is 14.4 Å². The second-order valence-corrected chi connectivity index (χ2v) is 8.32. The Bertz CT molecular complexity index is 849. The number of amides is 2. The van der Waals surface area contributed by atoms with Crippen LogP contribution in [0.4, 0.5) is 5.00 Å². The third-order valence-corrected chi connectivity index (χ3v) is 6.32. The lowest BCUT2D eigenvalue weighted by Gasteiger charge is -2.07. The van der Waals surface area contributed by atoms with Crippen LogP contribution in [-0.2, 0) is 27.2 Å². The fourth-order valence-corrected chi connectivity index (χ4v) is 5.07. The van der Waals surface area contributed by atoms with E-state index < -0.39 is 17.8 Å². The highest BCUT2D eigenvalue weighted by atomic mass is 32.2. The van der Waals surface area contributed by atoms with Gasteiger partial charge in [0.25, 0.3) is 11.8 Å². The summed E-state index contributed by atoms with van der Waals surface area (Å²) >= 11 is 2.93. The number of nitrogens with two attached hydrogens (primary N) is 1. The second kappa shape index (κ2) is 9.05. The molecule has 0 fully saturated rings. The van der Waals surface area contributed by atoms with Gasteiger partial charge < -0.3 is 15.8 Å². The summed E-state index contributed by atoms with van der Waals surface area (Å²) in [5.74, 6) is -0.869. The maximum atomic E-state index is 12.1. The first kappa shape index (κ1) is 19.4. The first-order valence-electron chi connectivity index (χ1n) is 8.62. The molecule has 1 aliphatic rings. The predicted octanol–water partition coefficient (Wildman–Crippen LogP) is 3.00. The zero-order valence-corrected chi connectivity index (χ0v) is 16.3. The largest absolute Gasteiger partial charge is 0.456 e. The number of thioether (sulfide) groups is 1. The third kappa shape index (κ3) is 5.11. The fraction of sp³-hybridized carbons (Fsp3) is 0.316. The van der Waals surface area contributed by atoms with Crippen LogP contribution in [-0.4, -0.2) is 30.1 Å². The molecule has 0 saturated carbocycles. The van der Waals surface area contributed by atoms with Gasteiger partial charge in [0.05, 0.1) is 12.0 Å². The number of fused-ring (bicyclic) bond motifs is 1. The summed E-state index contributed by atoms with van der Waals surface area (Å²) in [4.78, 5) is 37.8. The number of ether oxygens (including phenoxy) is 1. The lowest BCUT2D eigenvalue weighted by atomic mass is 10.1. The Labute approximate surface area is 165 Å².